The minimum Gasteiger partial charge on any atom is -0.383 e. The van der Waals surface area contributed by atoms with Gasteiger partial charge in [-0.15, -0.1) is 0 Å². The second kappa shape index (κ2) is 8.40. The third kappa shape index (κ3) is 6.22. The molecule has 0 atom stereocenters. The van der Waals surface area contributed by atoms with Crippen molar-refractivity contribution in [3.05, 3.63) is 18.0 Å². The van der Waals surface area contributed by atoms with Gasteiger partial charge in [0.1, 0.15) is 6.26 Å². The summed E-state index contributed by atoms with van der Waals surface area (Å²) in [4.78, 5) is 0. The lowest BCUT2D eigenvalue weighted by Gasteiger charge is -2.04. The van der Waals surface area contributed by atoms with Gasteiger partial charge >= 0.3 is 0 Å². The van der Waals surface area contributed by atoms with Crippen LogP contribution in [0.25, 0.3) is 0 Å². The molecule has 1 rings (SSSR count). The molecular weight excluding hydrogens is 194 g/mol. The van der Waals surface area contributed by atoms with Gasteiger partial charge in [-0.3, -0.25) is 0 Å². The van der Waals surface area contributed by atoms with Crippen molar-refractivity contribution in [1.29, 1.82) is 0 Å². The summed E-state index contributed by atoms with van der Waals surface area (Å²) in [6.07, 6.45) is 2.69. The molecule has 1 aromatic heterocycles. The van der Waals surface area contributed by atoms with E-state index in [0.717, 1.165) is 44.9 Å². The van der Waals surface area contributed by atoms with Gasteiger partial charge in [-0.05, 0) is 19.5 Å². The van der Waals surface area contributed by atoms with Gasteiger partial charge in [0.05, 0.1) is 12.3 Å². The van der Waals surface area contributed by atoms with Crippen LogP contribution >= 0.6 is 0 Å². The SMILES string of the molecule is COCCNCCCNCc1ccon1. The van der Waals surface area contributed by atoms with Crippen LogP contribution in [-0.2, 0) is 11.3 Å². The number of ether oxygens (including phenoxy) is 1. The largest absolute Gasteiger partial charge is 0.383 e. The fourth-order valence-corrected chi connectivity index (χ4v) is 1.18. The summed E-state index contributed by atoms with van der Waals surface area (Å²) < 4.78 is 9.64. The molecule has 0 spiro atoms. The van der Waals surface area contributed by atoms with E-state index in [0.29, 0.717) is 0 Å². The van der Waals surface area contributed by atoms with Crippen molar-refractivity contribution in [3.8, 4) is 0 Å². The molecule has 0 aliphatic heterocycles. The Morgan fingerprint density at radius 2 is 2.20 bits per heavy atom. The quantitative estimate of drug-likeness (QED) is 0.581. The highest BCUT2D eigenvalue weighted by Crippen LogP contribution is 1.92. The van der Waals surface area contributed by atoms with Gasteiger partial charge in [0, 0.05) is 26.3 Å². The lowest BCUT2D eigenvalue weighted by molar-refractivity contribution is 0.199. The molecule has 0 aliphatic rings. The van der Waals surface area contributed by atoms with Crippen LogP contribution in [0.5, 0.6) is 0 Å². The normalized spacial score (nSPS) is 10.7. The van der Waals surface area contributed by atoms with E-state index in [4.69, 9.17) is 9.26 Å². The summed E-state index contributed by atoms with van der Waals surface area (Å²) in [5.74, 6) is 0. The van der Waals surface area contributed by atoms with Gasteiger partial charge in [0.15, 0.2) is 0 Å². The summed E-state index contributed by atoms with van der Waals surface area (Å²) in [6, 6.07) is 1.86. The van der Waals surface area contributed by atoms with Crippen LogP contribution in [0.15, 0.2) is 16.9 Å². The molecule has 86 valence electrons. The number of hydrogen-bond donors (Lipinski definition) is 2. The number of nitrogens with zero attached hydrogens (tertiary/aromatic N) is 1. The van der Waals surface area contributed by atoms with Crippen molar-refractivity contribution in [2.24, 2.45) is 0 Å². The van der Waals surface area contributed by atoms with Crippen LogP contribution in [0.2, 0.25) is 0 Å². The zero-order valence-corrected chi connectivity index (χ0v) is 9.16. The van der Waals surface area contributed by atoms with E-state index in [1.807, 2.05) is 6.07 Å². The molecule has 2 N–H and O–H groups in total. The van der Waals surface area contributed by atoms with E-state index in [-0.39, 0.29) is 0 Å². The zero-order chi connectivity index (χ0) is 10.8. The molecular formula is C10H19N3O2. The maximum Gasteiger partial charge on any atom is 0.124 e. The molecule has 0 fully saturated rings. The molecule has 0 aliphatic carbocycles. The molecule has 1 aromatic rings. The van der Waals surface area contributed by atoms with Gasteiger partial charge < -0.3 is 19.9 Å². The average molecular weight is 213 g/mol. The molecule has 0 bridgehead atoms. The Balaban J connectivity index is 1.81. The first-order valence-electron chi connectivity index (χ1n) is 5.23. The minimum absolute atomic E-state index is 0.770. The van der Waals surface area contributed by atoms with Gasteiger partial charge in [-0.1, -0.05) is 5.16 Å². The van der Waals surface area contributed by atoms with Crippen molar-refractivity contribution in [3.63, 3.8) is 0 Å². The van der Waals surface area contributed by atoms with Crippen LogP contribution in [0, 0.1) is 0 Å². The lowest BCUT2D eigenvalue weighted by atomic mass is 10.4. The fourth-order valence-electron chi connectivity index (χ4n) is 1.18. The minimum atomic E-state index is 0.770. The summed E-state index contributed by atoms with van der Waals surface area (Å²) in [5, 5.41) is 10.4. The van der Waals surface area contributed by atoms with Crippen LogP contribution in [0.4, 0.5) is 0 Å². The highest BCUT2D eigenvalue weighted by molar-refractivity contribution is 4.93. The third-order valence-electron chi connectivity index (χ3n) is 1.99. The molecule has 0 radical (unpaired) electrons. The van der Waals surface area contributed by atoms with Crippen molar-refractivity contribution >= 4 is 0 Å². The van der Waals surface area contributed by atoms with Crippen molar-refractivity contribution < 1.29 is 9.26 Å². The van der Waals surface area contributed by atoms with Gasteiger partial charge in [0.25, 0.3) is 0 Å². The van der Waals surface area contributed by atoms with Crippen LogP contribution < -0.4 is 10.6 Å². The Morgan fingerprint density at radius 3 is 2.93 bits per heavy atom. The van der Waals surface area contributed by atoms with Crippen LogP contribution in [0.1, 0.15) is 12.1 Å². The number of rotatable bonds is 9. The molecule has 0 saturated carbocycles. The Morgan fingerprint density at radius 1 is 1.33 bits per heavy atom. The smallest absolute Gasteiger partial charge is 0.124 e. The second-order valence-corrected chi connectivity index (χ2v) is 3.26. The number of aromatic nitrogens is 1. The molecule has 5 nitrogen and oxygen atoms in total. The molecule has 0 aromatic carbocycles. The maximum atomic E-state index is 4.92. The van der Waals surface area contributed by atoms with E-state index < -0.39 is 0 Å². The first-order chi connectivity index (χ1) is 7.43. The van der Waals surface area contributed by atoms with E-state index in [1.165, 1.54) is 0 Å². The monoisotopic (exact) mass is 213 g/mol. The van der Waals surface area contributed by atoms with Crippen LogP contribution in [0.3, 0.4) is 0 Å². The van der Waals surface area contributed by atoms with Crippen LogP contribution in [-0.4, -0.2) is 38.5 Å². The summed E-state index contributed by atoms with van der Waals surface area (Å²) in [6.45, 7) is 4.45. The Bertz CT molecular complexity index is 227. The van der Waals surface area contributed by atoms with Crippen molar-refractivity contribution in [2.75, 3.05) is 33.4 Å². The standard InChI is InChI=1S/C10H19N3O2/c1-14-8-6-11-4-2-5-12-9-10-3-7-15-13-10/h3,7,11-12H,2,4-6,8-9H2,1H3. The molecule has 0 amide bonds. The summed E-state index contributed by atoms with van der Waals surface area (Å²) >= 11 is 0. The van der Waals surface area contributed by atoms with Gasteiger partial charge in [-0.25, -0.2) is 0 Å². The van der Waals surface area contributed by atoms with Gasteiger partial charge in [-0.2, -0.15) is 0 Å². The lowest BCUT2D eigenvalue weighted by Crippen LogP contribution is -2.24. The Hall–Kier alpha value is -0.910. The van der Waals surface area contributed by atoms with Crippen molar-refractivity contribution in [1.82, 2.24) is 15.8 Å². The van der Waals surface area contributed by atoms with Gasteiger partial charge in [0.2, 0.25) is 0 Å². The Kier molecular flexibility index (Phi) is 6.81. The highest BCUT2D eigenvalue weighted by Gasteiger charge is 1.94. The zero-order valence-electron chi connectivity index (χ0n) is 9.16. The molecule has 1 heterocycles. The van der Waals surface area contributed by atoms with E-state index in [9.17, 15) is 0 Å². The van der Waals surface area contributed by atoms with E-state index in [2.05, 4.69) is 15.8 Å². The second-order valence-electron chi connectivity index (χ2n) is 3.26. The molecule has 5 heteroatoms. The maximum absolute atomic E-state index is 4.92. The number of nitrogens with one attached hydrogen (secondary N) is 2. The van der Waals surface area contributed by atoms with E-state index in [1.54, 1.807) is 13.4 Å². The summed E-state index contributed by atoms with van der Waals surface area (Å²) in [5.41, 5.74) is 0.947. The van der Waals surface area contributed by atoms with Crippen molar-refractivity contribution in [2.45, 2.75) is 13.0 Å². The first-order valence-corrected chi connectivity index (χ1v) is 5.23. The Labute approximate surface area is 90.2 Å². The number of methoxy groups -OCH3 is 1. The predicted octanol–water partition coefficient (Wildman–Crippen LogP) is 0.390. The number of hydrogen-bond acceptors (Lipinski definition) is 5. The topological polar surface area (TPSA) is 59.3 Å². The highest BCUT2D eigenvalue weighted by atomic mass is 16.5. The molecule has 0 unspecified atom stereocenters. The molecule has 15 heavy (non-hydrogen) atoms. The van der Waals surface area contributed by atoms with E-state index >= 15 is 0 Å². The molecule has 0 saturated heterocycles. The fraction of sp³-hybridized carbons (Fsp3) is 0.700. The average Bonchev–Trinajstić information content (AvgIpc) is 2.75. The predicted molar refractivity (Wildman–Crippen MR) is 57.6 cm³/mol. The third-order valence-corrected chi connectivity index (χ3v) is 1.99. The first kappa shape index (κ1) is 12.2. The summed E-state index contributed by atoms with van der Waals surface area (Å²) in [7, 11) is 1.71.